The zero-order valence-corrected chi connectivity index (χ0v) is 10.7. The van der Waals surface area contributed by atoms with Crippen molar-refractivity contribution in [3.8, 4) is 0 Å². The highest BCUT2D eigenvalue weighted by Crippen LogP contribution is 2.10. The predicted octanol–water partition coefficient (Wildman–Crippen LogP) is -0.219. The van der Waals surface area contributed by atoms with Crippen molar-refractivity contribution in [1.82, 2.24) is 9.97 Å². The molecule has 0 spiro atoms. The molecule has 0 atom stereocenters. The summed E-state index contributed by atoms with van der Waals surface area (Å²) in [5, 5.41) is 2.92. The summed E-state index contributed by atoms with van der Waals surface area (Å²) in [4.78, 5) is 8.33. The van der Waals surface area contributed by atoms with E-state index >= 15 is 0 Å². The summed E-state index contributed by atoms with van der Waals surface area (Å²) in [5.41, 5.74) is 2.44. The van der Waals surface area contributed by atoms with Crippen molar-refractivity contribution in [2.24, 2.45) is 5.84 Å². The van der Waals surface area contributed by atoms with E-state index < -0.39 is 9.84 Å². The molecule has 8 heteroatoms. The van der Waals surface area contributed by atoms with Crippen LogP contribution in [0.2, 0.25) is 0 Å². The van der Waals surface area contributed by atoms with E-state index in [1.54, 1.807) is 6.07 Å². The van der Waals surface area contributed by atoms with Crippen LogP contribution in [0.15, 0.2) is 6.07 Å². The van der Waals surface area contributed by atoms with E-state index in [4.69, 9.17) is 5.84 Å². The molecule has 0 fully saturated rings. The average Bonchev–Trinajstić information content (AvgIpc) is 2.26. The van der Waals surface area contributed by atoms with Crippen molar-refractivity contribution >= 4 is 21.5 Å². The van der Waals surface area contributed by atoms with Gasteiger partial charge < -0.3 is 10.7 Å². The minimum atomic E-state index is -2.97. The number of nitrogen functional groups attached to an aromatic ring is 1. The number of anilines is 2. The summed E-state index contributed by atoms with van der Waals surface area (Å²) in [6, 6.07) is 1.63. The van der Waals surface area contributed by atoms with Crippen molar-refractivity contribution in [3.05, 3.63) is 11.9 Å². The van der Waals surface area contributed by atoms with Gasteiger partial charge in [-0.1, -0.05) is 6.92 Å². The third-order valence-electron chi connectivity index (χ3n) is 2.02. The minimum absolute atomic E-state index is 0.0594. The fourth-order valence-electron chi connectivity index (χ4n) is 1.18. The van der Waals surface area contributed by atoms with Crippen LogP contribution in [0.1, 0.15) is 12.7 Å². The lowest BCUT2D eigenvalue weighted by Crippen LogP contribution is -2.16. The van der Waals surface area contributed by atoms with Crippen LogP contribution in [0.4, 0.5) is 11.6 Å². The second-order valence-corrected chi connectivity index (χ2v) is 5.87. The Morgan fingerprint density at radius 3 is 2.53 bits per heavy atom. The SMILES string of the molecule is CCc1nc(NN)cc(NCCS(C)(=O)=O)n1. The molecule has 1 rings (SSSR count). The Labute approximate surface area is 101 Å². The molecule has 0 radical (unpaired) electrons. The van der Waals surface area contributed by atoms with Crippen molar-refractivity contribution in [3.63, 3.8) is 0 Å². The number of aromatic nitrogens is 2. The predicted molar refractivity (Wildman–Crippen MR) is 67.4 cm³/mol. The number of nitrogens with zero attached hydrogens (tertiary/aromatic N) is 2. The molecule has 0 aliphatic rings. The Morgan fingerprint density at radius 2 is 2.00 bits per heavy atom. The van der Waals surface area contributed by atoms with Gasteiger partial charge in [-0.15, -0.1) is 0 Å². The average molecular weight is 259 g/mol. The maximum Gasteiger partial charge on any atom is 0.149 e. The van der Waals surface area contributed by atoms with Crippen LogP contribution < -0.4 is 16.6 Å². The number of rotatable bonds is 6. The van der Waals surface area contributed by atoms with Gasteiger partial charge in [-0.2, -0.15) is 0 Å². The fraction of sp³-hybridized carbons (Fsp3) is 0.556. The van der Waals surface area contributed by atoms with Gasteiger partial charge in [0, 0.05) is 25.3 Å². The number of hydrogen-bond acceptors (Lipinski definition) is 7. The van der Waals surface area contributed by atoms with Crippen molar-refractivity contribution in [2.45, 2.75) is 13.3 Å². The largest absolute Gasteiger partial charge is 0.369 e. The Balaban J connectivity index is 2.70. The van der Waals surface area contributed by atoms with E-state index in [0.29, 0.717) is 30.4 Å². The minimum Gasteiger partial charge on any atom is -0.369 e. The summed E-state index contributed by atoms with van der Waals surface area (Å²) >= 11 is 0. The standard InChI is InChI=1S/C9H17N5O2S/c1-3-7-12-8(6-9(13-7)14-10)11-4-5-17(2,15)16/h6H,3-5,10H2,1-2H3,(H2,11,12,13,14). The summed E-state index contributed by atoms with van der Waals surface area (Å²) in [6.45, 7) is 2.24. The molecular weight excluding hydrogens is 242 g/mol. The van der Waals surface area contributed by atoms with Crippen molar-refractivity contribution in [1.29, 1.82) is 0 Å². The molecular formula is C9H17N5O2S. The van der Waals surface area contributed by atoms with Gasteiger partial charge in [0.15, 0.2) is 0 Å². The molecule has 1 aromatic rings. The lowest BCUT2D eigenvalue weighted by Gasteiger charge is -2.08. The molecule has 17 heavy (non-hydrogen) atoms. The van der Waals surface area contributed by atoms with E-state index in [1.807, 2.05) is 6.92 Å². The number of aryl methyl sites for hydroxylation is 1. The molecule has 0 aromatic carbocycles. The van der Waals surface area contributed by atoms with Crippen molar-refractivity contribution < 1.29 is 8.42 Å². The molecule has 0 unspecified atom stereocenters. The summed E-state index contributed by atoms with van der Waals surface area (Å²) in [5.74, 6) is 7.04. The van der Waals surface area contributed by atoms with Crippen LogP contribution in [0.3, 0.4) is 0 Å². The summed E-state index contributed by atoms with van der Waals surface area (Å²) in [6.07, 6.45) is 1.87. The number of sulfone groups is 1. The first-order valence-electron chi connectivity index (χ1n) is 5.20. The van der Waals surface area contributed by atoms with Crippen LogP contribution in [0, 0.1) is 0 Å². The lowest BCUT2D eigenvalue weighted by atomic mass is 10.4. The van der Waals surface area contributed by atoms with Crippen LogP contribution in [-0.2, 0) is 16.3 Å². The van der Waals surface area contributed by atoms with Crippen LogP contribution in [0.25, 0.3) is 0 Å². The van der Waals surface area contributed by atoms with Crippen LogP contribution >= 0.6 is 0 Å². The Bertz CT molecular complexity index is 452. The van der Waals surface area contributed by atoms with Crippen LogP contribution in [-0.4, -0.2) is 36.9 Å². The number of nitrogens with one attached hydrogen (secondary N) is 2. The molecule has 0 aliphatic heterocycles. The quantitative estimate of drug-likeness (QED) is 0.478. The fourth-order valence-corrected chi connectivity index (χ4v) is 1.66. The monoisotopic (exact) mass is 259 g/mol. The second-order valence-electron chi connectivity index (χ2n) is 3.61. The van der Waals surface area contributed by atoms with Gasteiger partial charge in [0.25, 0.3) is 0 Å². The molecule has 1 heterocycles. The normalized spacial score (nSPS) is 11.2. The maximum atomic E-state index is 11.0. The van der Waals surface area contributed by atoms with Gasteiger partial charge in [0.2, 0.25) is 0 Å². The highest BCUT2D eigenvalue weighted by molar-refractivity contribution is 7.90. The van der Waals surface area contributed by atoms with Gasteiger partial charge in [-0.05, 0) is 0 Å². The van der Waals surface area contributed by atoms with Gasteiger partial charge in [0.1, 0.15) is 27.3 Å². The van der Waals surface area contributed by atoms with E-state index in [9.17, 15) is 8.42 Å². The third-order valence-corrected chi connectivity index (χ3v) is 2.96. The van der Waals surface area contributed by atoms with E-state index in [-0.39, 0.29) is 5.75 Å². The summed E-state index contributed by atoms with van der Waals surface area (Å²) < 4.78 is 21.9. The number of nitrogens with two attached hydrogens (primary N) is 1. The summed E-state index contributed by atoms with van der Waals surface area (Å²) in [7, 11) is -2.97. The zero-order valence-electron chi connectivity index (χ0n) is 9.90. The lowest BCUT2D eigenvalue weighted by molar-refractivity contribution is 0.602. The van der Waals surface area contributed by atoms with E-state index in [2.05, 4.69) is 20.7 Å². The molecule has 0 saturated carbocycles. The maximum absolute atomic E-state index is 11.0. The van der Waals surface area contributed by atoms with Crippen LogP contribution in [0.5, 0.6) is 0 Å². The first kappa shape index (κ1) is 13.7. The van der Waals surface area contributed by atoms with Gasteiger partial charge in [0.05, 0.1) is 5.75 Å². The molecule has 0 amide bonds. The Morgan fingerprint density at radius 1 is 1.35 bits per heavy atom. The van der Waals surface area contributed by atoms with Crippen molar-refractivity contribution in [2.75, 3.05) is 29.3 Å². The molecule has 0 bridgehead atoms. The van der Waals surface area contributed by atoms with E-state index in [1.165, 1.54) is 6.26 Å². The molecule has 0 aliphatic carbocycles. The number of hydrazine groups is 1. The smallest absolute Gasteiger partial charge is 0.149 e. The first-order chi connectivity index (χ1) is 7.94. The molecule has 96 valence electrons. The number of hydrogen-bond donors (Lipinski definition) is 3. The molecule has 7 nitrogen and oxygen atoms in total. The Hall–Kier alpha value is -1.41. The second kappa shape index (κ2) is 5.78. The highest BCUT2D eigenvalue weighted by atomic mass is 32.2. The third kappa shape index (κ3) is 4.96. The zero-order chi connectivity index (χ0) is 12.9. The molecule has 4 N–H and O–H groups in total. The van der Waals surface area contributed by atoms with Gasteiger partial charge in [-0.3, -0.25) is 0 Å². The molecule has 1 aromatic heterocycles. The van der Waals surface area contributed by atoms with Gasteiger partial charge >= 0.3 is 0 Å². The van der Waals surface area contributed by atoms with E-state index in [0.717, 1.165) is 0 Å². The first-order valence-corrected chi connectivity index (χ1v) is 7.27. The molecule has 0 saturated heterocycles. The van der Waals surface area contributed by atoms with Gasteiger partial charge in [-0.25, -0.2) is 24.2 Å². The highest BCUT2D eigenvalue weighted by Gasteiger charge is 2.04. The Kier molecular flexibility index (Phi) is 4.64. The topological polar surface area (TPSA) is 110 Å².